The molecule has 1 unspecified atom stereocenters. The molecule has 2 fully saturated rings. The Kier molecular flexibility index (Phi) is 10.2. The summed E-state index contributed by atoms with van der Waals surface area (Å²) in [6, 6.07) is 23.0. The Morgan fingerprint density at radius 2 is 1.67 bits per heavy atom. The third-order valence-electron chi connectivity index (χ3n) is 11.3. The molecule has 2 aliphatic heterocycles. The van der Waals surface area contributed by atoms with Gasteiger partial charge in [-0.15, -0.1) is 0 Å². The summed E-state index contributed by atoms with van der Waals surface area (Å²) in [5, 5.41) is 0. The minimum absolute atomic E-state index is 0.0248. The normalized spacial score (nSPS) is 18.2. The molecule has 4 heterocycles. The first kappa shape index (κ1) is 35.4. The molecule has 0 bridgehead atoms. The van der Waals surface area contributed by atoms with Crippen LogP contribution in [0.25, 0.3) is 11.0 Å². The number of likely N-dealkylation sites (tertiary alicyclic amines) is 2. The summed E-state index contributed by atoms with van der Waals surface area (Å²) in [5.74, 6) is 4.17. The van der Waals surface area contributed by atoms with Crippen molar-refractivity contribution in [2.24, 2.45) is 0 Å². The number of piperidine rings is 1. The average molecular weight is 706 g/mol. The van der Waals surface area contributed by atoms with Gasteiger partial charge in [-0.1, -0.05) is 30.3 Å². The lowest BCUT2D eigenvalue weighted by molar-refractivity contribution is 0.0779. The maximum atomic E-state index is 14.1. The fraction of sp³-hybridized carbons (Fsp3) is 0.429. The lowest BCUT2D eigenvalue weighted by atomic mass is 9.75. The van der Waals surface area contributed by atoms with Crippen LogP contribution in [0.15, 0.2) is 71.1 Å². The quantitative estimate of drug-likeness (QED) is 0.143. The van der Waals surface area contributed by atoms with Gasteiger partial charge in [0.25, 0.3) is 5.91 Å². The van der Waals surface area contributed by atoms with E-state index in [1.54, 1.807) is 33.5 Å². The number of anilines is 1. The zero-order chi connectivity index (χ0) is 36.4. The van der Waals surface area contributed by atoms with Gasteiger partial charge in [-0.3, -0.25) is 4.79 Å². The molecular formula is C42H51N5O5. The Labute approximate surface area is 306 Å². The molecule has 1 N–H and O–H groups in total. The van der Waals surface area contributed by atoms with Crippen molar-refractivity contribution in [2.45, 2.75) is 64.5 Å². The Morgan fingerprint density at radius 3 is 2.33 bits per heavy atom. The van der Waals surface area contributed by atoms with E-state index in [4.69, 9.17) is 23.6 Å². The van der Waals surface area contributed by atoms with E-state index in [9.17, 15) is 4.79 Å². The molecule has 274 valence electrons. The van der Waals surface area contributed by atoms with E-state index in [1.807, 2.05) is 30.0 Å². The molecule has 0 spiro atoms. The lowest BCUT2D eigenvalue weighted by Crippen LogP contribution is -2.46. The van der Waals surface area contributed by atoms with Crippen molar-refractivity contribution in [3.8, 4) is 17.2 Å². The SMILES string of the molecule is COc1cc(C(=O)N2CCC(CCN3CCC(N(Cc4ccc(C)o4)c4nc5ccccc5[nH]4)CC3)(c3ccc(C)c(C)c3)C2)cc(OC)c1OC. The molecule has 0 aliphatic carbocycles. The first-order valence-electron chi connectivity index (χ1n) is 18.4. The van der Waals surface area contributed by atoms with Crippen LogP contribution in [0.4, 0.5) is 5.95 Å². The number of ether oxygens (including phenoxy) is 3. The number of carbonyl (C=O) groups excluding carboxylic acids is 1. The number of nitrogens with one attached hydrogen (secondary N) is 1. The summed E-state index contributed by atoms with van der Waals surface area (Å²) in [4.78, 5) is 29.7. The third kappa shape index (κ3) is 7.08. The molecule has 2 saturated heterocycles. The summed E-state index contributed by atoms with van der Waals surface area (Å²) in [6.07, 6.45) is 3.93. The summed E-state index contributed by atoms with van der Waals surface area (Å²) >= 11 is 0. The number of aromatic nitrogens is 2. The van der Waals surface area contributed by atoms with E-state index in [1.165, 1.54) is 16.7 Å². The highest BCUT2D eigenvalue weighted by molar-refractivity contribution is 5.96. The van der Waals surface area contributed by atoms with Crippen LogP contribution in [0.2, 0.25) is 0 Å². The Morgan fingerprint density at radius 1 is 0.923 bits per heavy atom. The largest absolute Gasteiger partial charge is 0.493 e. The number of imidazole rings is 1. The van der Waals surface area contributed by atoms with E-state index < -0.39 is 0 Å². The van der Waals surface area contributed by atoms with Crippen LogP contribution in [0.3, 0.4) is 0 Å². The number of para-hydroxylation sites is 2. The molecule has 10 nitrogen and oxygen atoms in total. The minimum atomic E-state index is -0.150. The van der Waals surface area contributed by atoms with Crippen molar-refractivity contribution in [2.75, 3.05) is 59.0 Å². The minimum Gasteiger partial charge on any atom is -0.493 e. The van der Waals surface area contributed by atoms with Gasteiger partial charge in [-0.05, 0) is 106 Å². The second-order valence-electron chi connectivity index (χ2n) is 14.5. The third-order valence-corrected chi connectivity index (χ3v) is 11.3. The predicted molar refractivity (Wildman–Crippen MR) is 204 cm³/mol. The number of nitrogens with zero attached hydrogens (tertiary/aromatic N) is 4. The average Bonchev–Trinajstić information content (AvgIpc) is 3.92. The van der Waals surface area contributed by atoms with Gasteiger partial charge >= 0.3 is 0 Å². The van der Waals surface area contributed by atoms with E-state index in [0.717, 1.165) is 73.8 Å². The predicted octanol–water partition coefficient (Wildman–Crippen LogP) is 7.45. The van der Waals surface area contributed by atoms with Crippen LogP contribution < -0.4 is 19.1 Å². The van der Waals surface area contributed by atoms with Crippen molar-refractivity contribution in [3.05, 3.63) is 101 Å². The summed E-state index contributed by atoms with van der Waals surface area (Å²) in [6.45, 7) is 11.3. The molecule has 5 aromatic rings. The highest BCUT2D eigenvalue weighted by atomic mass is 16.5. The number of fused-ring (bicyclic) bond motifs is 1. The number of benzene rings is 3. The van der Waals surface area contributed by atoms with Crippen LogP contribution in [0, 0.1) is 20.8 Å². The van der Waals surface area contributed by atoms with Gasteiger partial charge in [0, 0.05) is 43.2 Å². The van der Waals surface area contributed by atoms with Crippen molar-refractivity contribution >= 4 is 22.9 Å². The number of aromatic amines is 1. The molecule has 2 aliphatic rings. The number of amides is 1. The summed E-state index contributed by atoms with van der Waals surface area (Å²) < 4.78 is 22.7. The maximum Gasteiger partial charge on any atom is 0.254 e. The summed E-state index contributed by atoms with van der Waals surface area (Å²) in [5.41, 5.74) is 6.28. The van der Waals surface area contributed by atoms with Gasteiger partial charge in [0.05, 0.1) is 38.9 Å². The fourth-order valence-corrected chi connectivity index (χ4v) is 8.11. The van der Waals surface area contributed by atoms with Crippen molar-refractivity contribution in [1.29, 1.82) is 0 Å². The Balaban J connectivity index is 1.07. The van der Waals surface area contributed by atoms with Gasteiger partial charge in [0.2, 0.25) is 11.7 Å². The molecular weight excluding hydrogens is 654 g/mol. The molecule has 52 heavy (non-hydrogen) atoms. The Hall–Kier alpha value is -4.96. The molecule has 2 aromatic heterocycles. The molecule has 3 aromatic carbocycles. The number of furan rings is 1. The zero-order valence-electron chi connectivity index (χ0n) is 31.3. The molecule has 7 rings (SSSR count). The van der Waals surface area contributed by atoms with E-state index in [2.05, 4.69) is 65.0 Å². The molecule has 10 heteroatoms. The van der Waals surface area contributed by atoms with Crippen LogP contribution >= 0.6 is 0 Å². The van der Waals surface area contributed by atoms with Gasteiger partial charge in [-0.25, -0.2) is 4.98 Å². The number of H-pyrrole nitrogens is 1. The Bertz CT molecular complexity index is 1970. The number of carbonyl (C=O) groups is 1. The monoisotopic (exact) mass is 705 g/mol. The molecule has 0 saturated carbocycles. The topological polar surface area (TPSA) is 96.3 Å². The van der Waals surface area contributed by atoms with Gasteiger partial charge < -0.3 is 38.3 Å². The number of rotatable bonds is 12. The van der Waals surface area contributed by atoms with Crippen LogP contribution in [0.5, 0.6) is 17.2 Å². The highest BCUT2D eigenvalue weighted by Gasteiger charge is 2.42. The molecule has 1 amide bonds. The van der Waals surface area contributed by atoms with E-state index in [0.29, 0.717) is 48.5 Å². The van der Waals surface area contributed by atoms with E-state index >= 15 is 0 Å². The van der Waals surface area contributed by atoms with Crippen LogP contribution in [-0.2, 0) is 12.0 Å². The number of hydrogen-bond donors (Lipinski definition) is 1. The van der Waals surface area contributed by atoms with Gasteiger partial charge in [0.1, 0.15) is 11.5 Å². The molecule has 0 radical (unpaired) electrons. The number of aryl methyl sites for hydroxylation is 3. The highest BCUT2D eigenvalue weighted by Crippen LogP contribution is 2.42. The second kappa shape index (κ2) is 14.9. The van der Waals surface area contributed by atoms with E-state index in [-0.39, 0.29) is 11.3 Å². The second-order valence-corrected chi connectivity index (χ2v) is 14.5. The van der Waals surface area contributed by atoms with Crippen molar-refractivity contribution < 1.29 is 23.4 Å². The van der Waals surface area contributed by atoms with Crippen LogP contribution in [0.1, 0.15) is 64.3 Å². The molecule has 1 atom stereocenters. The zero-order valence-corrected chi connectivity index (χ0v) is 31.3. The van der Waals surface area contributed by atoms with Crippen LogP contribution in [-0.4, -0.2) is 85.8 Å². The van der Waals surface area contributed by atoms with Crippen molar-refractivity contribution in [3.63, 3.8) is 0 Å². The van der Waals surface area contributed by atoms with Gasteiger partial charge in [-0.2, -0.15) is 0 Å². The summed E-state index contributed by atoms with van der Waals surface area (Å²) in [7, 11) is 4.72. The standard InChI is InChI=1S/C42H51N5O5/c1-28-11-13-32(23-29(28)2)42(18-22-46(27-42)40(48)31-24-37(49-4)39(51-6)38(25-31)50-5)17-21-45-19-15-33(16-20-45)47(26-34-14-12-30(3)52-34)41-43-35-9-7-8-10-36(35)44-41/h7-14,23-25,33H,15-22,26-27H2,1-6H3,(H,43,44). The smallest absolute Gasteiger partial charge is 0.254 e. The van der Waals surface area contributed by atoms with Gasteiger partial charge in [0.15, 0.2) is 11.5 Å². The van der Waals surface area contributed by atoms with Crippen molar-refractivity contribution in [1.82, 2.24) is 19.8 Å². The number of methoxy groups -OCH3 is 3. The fourth-order valence-electron chi connectivity index (χ4n) is 8.11. The lowest BCUT2D eigenvalue weighted by Gasteiger charge is -2.40. The number of hydrogen-bond acceptors (Lipinski definition) is 8. The maximum absolute atomic E-state index is 14.1. The first-order valence-corrected chi connectivity index (χ1v) is 18.4. The first-order chi connectivity index (χ1) is 25.2.